The molecule has 0 heterocycles. The van der Waals surface area contributed by atoms with Crippen LogP contribution in [-0.2, 0) is 9.53 Å². The molecule has 0 radical (unpaired) electrons. The molecule has 2 N–H and O–H groups in total. The van der Waals surface area contributed by atoms with Crippen LogP contribution in [0, 0.1) is 22.7 Å². The van der Waals surface area contributed by atoms with Gasteiger partial charge in [-0.25, -0.2) is 0 Å². The van der Waals surface area contributed by atoms with Crippen molar-refractivity contribution in [1.82, 2.24) is 0 Å². The minimum Gasteiger partial charge on any atom is -0.462 e. The molecule has 6 atom stereocenters. The Morgan fingerprint density at radius 3 is 2.50 bits per heavy atom. The van der Waals surface area contributed by atoms with Crippen molar-refractivity contribution in [2.45, 2.75) is 77.9 Å². The first-order chi connectivity index (χ1) is 12.0. The fraction of sp³-hybridized carbons (Fsp3) is 0.773. The molecule has 26 heavy (non-hydrogen) atoms. The summed E-state index contributed by atoms with van der Waals surface area (Å²) in [6.45, 7) is 15.5. The van der Waals surface area contributed by atoms with E-state index < -0.39 is 5.60 Å². The largest absolute Gasteiger partial charge is 0.462 e. The summed E-state index contributed by atoms with van der Waals surface area (Å²) in [5.74, 6) is -0.243. The summed E-state index contributed by atoms with van der Waals surface area (Å²) in [5, 5.41) is 21.5. The number of rotatable bonds is 6. The van der Waals surface area contributed by atoms with Gasteiger partial charge >= 0.3 is 5.97 Å². The lowest BCUT2D eigenvalue weighted by Crippen LogP contribution is -2.64. The molecule has 6 unspecified atom stereocenters. The van der Waals surface area contributed by atoms with Gasteiger partial charge in [0.1, 0.15) is 6.10 Å². The Labute approximate surface area is 158 Å². The van der Waals surface area contributed by atoms with Crippen molar-refractivity contribution < 1.29 is 19.7 Å². The van der Waals surface area contributed by atoms with Crippen LogP contribution in [0.4, 0.5) is 0 Å². The number of carbonyl (C=O) groups excluding carboxylic acids is 1. The number of carbonyl (C=O) groups is 1. The Morgan fingerprint density at radius 2 is 1.96 bits per heavy atom. The Bertz CT molecular complexity index is 566. The summed E-state index contributed by atoms with van der Waals surface area (Å²) in [6.07, 6.45) is 6.31. The van der Waals surface area contributed by atoms with Crippen LogP contribution in [0.1, 0.15) is 66.2 Å². The van der Waals surface area contributed by atoms with Gasteiger partial charge in [-0.2, -0.15) is 0 Å². The molecule has 2 aliphatic rings. The monoisotopic (exact) mass is 364 g/mol. The fourth-order valence-electron chi connectivity index (χ4n) is 6.20. The lowest BCUT2D eigenvalue weighted by atomic mass is 9.44. The highest BCUT2D eigenvalue weighted by molar-refractivity contribution is 5.66. The molecule has 148 valence electrons. The maximum absolute atomic E-state index is 11.7. The van der Waals surface area contributed by atoms with Gasteiger partial charge in [-0.1, -0.05) is 45.1 Å². The Hall–Kier alpha value is -1.13. The molecule has 0 aromatic carbocycles. The molecular weight excluding hydrogens is 328 g/mol. The maximum Gasteiger partial charge on any atom is 0.302 e. The minimum absolute atomic E-state index is 0.0277. The zero-order valence-corrected chi connectivity index (χ0v) is 16.9. The van der Waals surface area contributed by atoms with E-state index in [1.165, 1.54) is 6.92 Å². The Morgan fingerprint density at radius 1 is 1.31 bits per heavy atom. The number of ether oxygens (including phenoxy) is 1. The van der Waals surface area contributed by atoms with E-state index in [2.05, 4.69) is 27.0 Å². The fourth-order valence-corrected chi connectivity index (χ4v) is 6.20. The van der Waals surface area contributed by atoms with Gasteiger partial charge in [-0.05, 0) is 49.4 Å². The molecule has 0 aromatic rings. The summed E-state index contributed by atoms with van der Waals surface area (Å²) >= 11 is 0. The molecule has 2 aliphatic carbocycles. The first-order valence-electron chi connectivity index (χ1n) is 9.81. The standard InChI is InChI=1S/C22H36O4/c1-7-15(2)9-10-18-21(5)12-8-11-20(4,14-23)19(21)17(26-16(3)24)13-22(18,6)25/h7,17-19,23,25H,1-2,8-14H2,3-6H3. The van der Waals surface area contributed by atoms with Crippen molar-refractivity contribution >= 4 is 5.97 Å². The average Bonchev–Trinajstić information content (AvgIpc) is 2.52. The van der Waals surface area contributed by atoms with Crippen molar-refractivity contribution in [2.75, 3.05) is 6.61 Å². The summed E-state index contributed by atoms with van der Waals surface area (Å²) in [6, 6.07) is 0. The van der Waals surface area contributed by atoms with Gasteiger partial charge < -0.3 is 14.9 Å². The molecule has 4 nitrogen and oxygen atoms in total. The van der Waals surface area contributed by atoms with Crippen molar-refractivity contribution in [3.05, 3.63) is 24.8 Å². The minimum atomic E-state index is -0.930. The van der Waals surface area contributed by atoms with Gasteiger partial charge in [0.2, 0.25) is 0 Å². The van der Waals surface area contributed by atoms with E-state index >= 15 is 0 Å². The number of hydrogen-bond acceptors (Lipinski definition) is 4. The molecule has 0 aliphatic heterocycles. The zero-order valence-electron chi connectivity index (χ0n) is 16.9. The topological polar surface area (TPSA) is 66.8 Å². The number of allylic oxidation sites excluding steroid dienone is 2. The van der Waals surface area contributed by atoms with E-state index in [1.54, 1.807) is 6.08 Å². The zero-order chi connectivity index (χ0) is 19.8. The second kappa shape index (κ2) is 7.47. The van der Waals surface area contributed by atoms with Crippen LogP contribution in [-0.4, -0.2) is 34.5 Å². The predicted octanol–water partition coefficient (Wildman–Crippen LogP) is 4.02. The SMILES string of the molecule is C=CC(=C)CCC1C(C)(O)CC(OC(C)=O)C2C(C)(CO)CCCC12C. The summed E-state index contributed by atoms with van der Waals surface area (Å²) in [7, 11) is 0. The van der Waals surface area contributed by atoms with E-state index in [1.807, 2.05) is 6.92 Å². The van der Waals surface area contributed by atoms with Crippen LogP contribution in [0.5, 0.6) is 0 Å². The Kier molecular flexibility index (Phi) is 6.09. The highest BCUT2D eigenvalue weighted by atomic mass is 16.5. The van der Waals surface area contributed by atoms with Gasteiger partial charge in [0.25, 0.3) is 0 Å². The summed E-state index contributed by atoms with van der Waals surface area (Å²) < 4.78 is 5.71. The van der Waals surface area contributed by atoms with Crippen LogP contribution >= 0.6 is 0 Å². The molecule has 0 aromatic heterocycles. The Balaban J connectivity index is 2.46. The number of esters is 1. The third-order valence-electron chi connectivity index (χ3n) is 7.18. The van der Waals surface area contributed by atoms with E-state index in [0.29, 0.717) is 6.42 Å². The van der Waals surface area contributed by atoms with Crippen LogP contribution < -0.4 is 0 Å². The van der Waals surface area contributed by atoms with Gasteiger partial charge in [0.05, 0.1) is 5.60 Å². The molecule has 4 heteroatoms. The van der Waals surface area contributed by atoms with E-state index in [-0.39, 0.29) is 41.3 Å². The van der Waals surface area contributed by atoms with Crippen molar-refractivity contribution in [2.24, 2.45) is 22.7 Å². The van der Waals surface area contributed by atoms with Crippen molar-refractivity contribution in [3.8, 4) is 0 Å². The third-order valence-corrected chi connectivity index (χ3v) is 7.18. The van der Waals surface area contributed by atoms with Crippen LogP contribution in [0.3, 0.4) is 0 Å². The van der Waals surface area contributed by atoms with Crippen LogP contribution in [0.25, 0.3) is 0 Å². The number of fused-ring (bicyclic) bond motifs is 1. The van der Waals surface area contributed by atoms with Gasteiger partial charge in [-0.3, -0.25) is 4.79 Å². The second-order valence-electron chi connectivity index (χ2n) is 9.31. The van der Waals surface area contributed by atoms with E-state index in [4.69, 9.17) is 4.74 Å². The molecule has 2 rings (SSSR count). The maximum atomic E-state index is 11.7. The highest BCUT2D eigenvalue weighted by Crippen LogP contribution is 2.63. The van der Waals surface area contributed by atoms with E-state index in [0.717, 1.165) is 37.7 Å². The van der Waals surface area contributed by atoms with Crippen LogP contribution in [0.15, 0.2) is 24.8 Å². The van der Waals surface area contributed by atoms with Crippen LogP contribution in [0.2, 0.25) is 0 Å². The first-order valence-corrected chi connectivity index (χ1v) is 9.81. The highest BCUT2D eigenvalue weighted by Gasteiger charge is 2.63. The lowest BCUT2D eigenvalue weighted by Gasteiger charge is -2.63. The predicted molar refractivity (Wildman–Crippen MR) is 103 cm³/mol. The second-order valence-corrected chi connectivity index (χ2v) is 9.31. The molecule has 2 saturated carbocycles. The van der Waals surface area contributed by atoms with E-state index in [9.17, 15) is 15.0 Å². The number of aliphatic hydroxyl groups is 2. The molecule has 0 bridgehead atoms. The van der Waals surface area contributed by atoms with Gasteiger partial charge in [0, 0.05) is 25.9 Å². The third kappa shape index (κ3) is 3.77. The molecule has 0 spiro atoms. The molecule has 0 saturated heterocycles. The van der Waals surface area contributed by atoms with Crippen molar-refractivity contribution in [3.63, 3.8) is 0 Å². The summed E-state index contributed by atoms with van der Waals surface area (Å²) in [5.41, 5.74) is -0.472. The molecule has 0 amide bonds. The first kappa shape index (κ1) is 21.2. The van der Waals surface area contributed by atoms with Gasteiger partial charge in [0.15, 0.2) is 0 Å². The molecule has 2 fully saturated rings. The number of hydrogen-bond donors (Lipinski definition) is 2. The van der Waals surface area contributed by atoms with Crippen molar-refractivity contribution in [1.29, 1.82) is 0 Å². The summed E-state index contributed by atoms with van der Waals surface area (Å²) in [4.78, 5) is 11.7. The quantitative estimate of drug-likeness (QED) is 0.552. The average molecular weight is 365 g/mol. The lowest BCUT2D eigenvalue weighted by molar-refractivity contribution is -0.232. The number of aliphatic hydroxyl groups excluding tert-OH is 1. The normalized spacial score (nSPS) is 42.6. The molecular formula is C22H36O4. The smallest absolute Gasteiger partial charge is 0.302 e. The van der Waals surface area contributed by atoms with Gasteiger partial charge in [-0.15, -0.1) is 0 Å².